The zero-order valence-corrected chi connectivity index (χ0v) is 7.37. The molecule has 0 spiro atoms. The fourth-order valence-electron chi connectivity index (χ4n) is 1.48. The minimum Gasteiger partial charge on any atom is -0.394 e. The lowest BCUT2D eigenvalue weighted by Crippen LogP contribution is -2.36. The molecule has 4 nitrogen and oxygen atoms in total. The smallest absolute Gasteiger partial charge is 0.226 e. The standard InChI is InChI=1S/C8H15NO3/c1-8(2,12)6-3-5(4-10)9-7(6)11/h5-6,10,12H,3-4H2,1-2H3,(H,9,11). The van der Waals surface area contributed by atoms with Gasteiger partial charge in [0.25, 0.3) is 0 Å². The molecule has 1 saturated heterocycles. The molecule has 2 atom stereocenters. The van der Waals surface area contributed by atoms with Crippen molar-refractivity contribution in [1.29, 1.82) is 0 Å². The van der Waals surface area contributed by atoms with Gasteiger partial charge >= 0.3 is 0 Å². The molecule has 0 aromatic heterocycles. The Balaban J connectivity index is 2.64. The summed E-state index contributed by atoms with van der Waals surface area (Å²) in [7, 11) is 0. The second-order valence-corrected chi connectivity index (χ2v) is 3.83. The van der Waals surface area contributed by atoms with Gasteiger partial charge in [0.05, 0.1) is 24.2 Å². The first kappa shape index (κ1) is 9.48. The fourth-order valence-corrected chi connectivity index (χ4v) is 1.48. The maximum Gasteiger partial charge on any atom is 0.226 e. The molecular weight excluding hydrogens is 158 g/mol. The van der Waals surface area contributed by atoms with Gasteiger partial charge in [-0.1, -0.05) is 0 Å². The summed E-state index contributed by atoms with van der Waals surface area (Å²) in [6.07, 6.45) is 0.513. The van der Waals surface area contributed by atoms with Gasteiger partial charge in [-0.15, -0.1) is 0 Å². The number of hydrogen-bond donors (Lipinski definition) is 3. The van der Waals surface area contributed by atoms with E-state index in [2.05, 4.69) is 5.32 Å². The van der Waals surface area contributed by atoms with E-state index in [9.17, 15) is 9.90 Å². The van der Waals surface area contributed by atoms with E-state index in [-0.39, 0.29) is 18.6 Å². The molecule has 1 heterocycles. The van der Waals surface area contributed by atoms with E-state index in [1.165, 1.54) is 0 Å². The predicted octanol–water partition coefficient (Wildman–Crippen LogP) is -0.746. The third kappa shape index (κ3) is 1.76. The first-order valence-electron chi connectivity index (χ1n) is 4.08. The van der Waals surface area contributed by atoms with Crippen molar-refractivity contribution in [2.24, 2.45) is 5.92 Å². The number of hydrogen-bond acceptors (Lipinski definition) is 3. The van der Waals surface area contributed by atoms with Crippen LogP contribution >= 0.6 is 0 Å². The van der Waals surface area contributed by atoms with Gasteiger partial charge in [-0.05, 0) is 20.3 Å². The SMILES string of the molecule is CC(C)(O)C1CC(CO)NC1=O. The number of carbonyl (C=O) groups excluding carboxylic acids is 1. The summed E-state index contributed by atoms with van der Waals surface area (Å²) in [6, 6.07) is -0.186. The molecule has 70 valence electrons. The topological polar surface area (TPSA) is 69.6 Å². The summed E-state index contributed by atoms with van der Waals surface area (Å²) >= 11 is 0. The summed E-state index contributed by atoms with van der Waals surface area (Å²) < 4.78 is 0. The minimum absolute atomic E-state index is 0.0572. The summed E-state index contributed by atoms with van der Waals surface area (Å²) in [5.74, 6) is -0.559. The van der Waals surface area contributed by atoms with Crippen molar-refractivity contribution in [2.45, 2.75) is 31.9 Å². The molecule has 1 aliphatic heterocycles. The van der Waals surface area contributed by atoms with Crippen molar-refractivity contribution in [1.82, 2.24) is 5.32 Å². The highest BCUT2D eigenvalue weighted by Gasteiger charge is 2.40. The number of nitrogens with one attached hydrogen (secondary N) is 1. The molecule has 1 rings (SSSR count). The highest BCUT2D eigenvalue weighted by Crippen LogP contribution is 2.26. The zero-order chi connectivity index (χ0) is 9.35. The van der Waals surface area contributed by atoms with Crippen LogP contribution in [-0.2, 0) is 4.79 Å². The van der Waals surface area contributed by atoms with Gasteiger partial charge in [-0.3, -0.25) is 4.79 Å². The minimum atomic E-state index is -0.992. The summed E-state index contributed by atoms with van der Waals surface area (Å²) in [5.41, 5.74) is -0.992. The summed E-state index contributed by atoms with van der Waals surface area (Å²) in [4.78, 5) is 11.2. The Kier molecular flexibility index (Phi) is 2.39. The van der Waals surface area contributed by atoms with Crippen LogP contribution in [0.15, 0.2) is 0 Å². The largest absolute Gasteiger partial charge is 0.394 e. The Morgan fingerprint density at radius 2 is 2.25 bits per heavy atom. The lowest BCUT2D eigenvalue weighted by molar-refractivity contribution is -0.128. The van der Waals surface area contributed by atoms with Crippen molar-refractivity contribution >= 4 is 5.91 Å². The Labute approximate surface area is 71.6 Å². The molecule has 0 aromatic rings. The van der Waals surface area contributed by atoms with Crippen LogP contribution in [0.5, 0.6) is 0 Å². The van der Waals surface area contributed by atoms with Crippen LogP contribution in [-0.4, -0.2) is 34.4 Å². The Morgan fingerprint density at radius 3 is 2.50 bits per heavy atom. The van der Waals surface area contributed by atoms with Crippen LogP contribution < -0.4 is 5.32 Å². The average Bonchev–Trinajstić information content (AvgIpc) is 2.29. The van der Waals surface area contributed by atoms with Crippen molar-refractivity contribution in [3.8, 4) is 0 Å². The van der Waals surface area contributed by atoms with Crippen LogP contribution in [0.3, 0.4) is 0 Å². The van der Waals surface area contributed by atoms with Gasteiger partial charge in [-0.25, -0.2) is 0 Å². The predicted molar refractivity (Wildman–Crippen MR) is 43.4 cm³/mol. The molecule has 0 aliphatic carbocycles. The highest BCUT2D eigenvalue weighted by atomic mass is 16.3. The fraction of sp³-hybridized carbons (Fsp3) is 0.875. The lowest BCUT2D eigenvalue weighted by Gasteiger charge is -2.22. The van der Waals surface area contributed by atoms with Crippen LogP contribution in [0, 0.1) is 5.92 Å². The second-order valence-electron chi connectivity index (χ2n) is 3.83. The van der Waals surface area contributed by atoms with Gasteiger partial charge < -0.3 is 15.5 Å². The molecule has 4 heteroatoms. The highest BCUT2D eigenvalue weighted by molar-refractivity contribution is 5.82. The normalized spacial score (nSPS) is 30.5. The molecule has 12 heavy (non-hydrogen) atoms. The molecule has 1 aliphatic rings. The van der Waals surface area contributed by atoms with Gasteiger partial charge in [0.15, 0.2) is 0 Å². The second kappa shape index (κ2) is 3.03. The molecule has 0 aromatic carbocycles. The first-order chi connectivity index (χ1) is 5.45. The number of rotatable bonds is 2. The average molecular weight is 173 g/mol. The van der Waals surface area contributed by atoms with Crippen molar-refractivity contribution in [3.05, 3.63) is 0 Å². The quantitative estimate of drug-likeness (QED) is 0.515. The van der Waals surface area contributed by atoms with E-state index < -0.39 is 11.5 Å². The van der Waals surface area contributed by atoms with Crippen LogP contribution in [0.25, 0.3) is 0 Å². The number of aliphatic hydroxyl groups excluding tert-OH is 1. The number of amides is 1. The molecule has 2 unspecified atom stereocenters. The van der Waals surface area contributed by atoms with Gasteiger partial charge in [-0.2, -0.15) is 0 Å². The third-order valence-electron chi connectivity index (χ3n) is 2.26. The summed E-state index contributed by atoms with van der Waals surface area (Å²) in [5, 5.41) is 20.9. The van der Waals surface area contributed by atoms with Crippen LogP contribution in [0.4, 0.5) is 0 Å². The van der Waals surface area contributed by atoms with Gasteiger partial charge in [0, 0.05) is 0 Å². The van der Waals surface area contributed by atoms with Crippen LogP contribution in [0.2, 0.25) is 0 Å². The van der Waals surface area contributed by atoms with E-state index >= 15 is 0 Å². The van der Waals surface area contributed by atoms with Crippen molar-refractivity contribution < 1.29 is 15.0 Å². The van der Waals surface area contributed by atoms with Crippen molar-refractivity contribution in [3.63, 3.8) is 0 Å². The molecule has 0 bridgehead atoms. The van der Waals surface area contributed by atoms with E-state index in [0.29, 0.717) is 6.42 Å². The Morgan fingerprint density at radius 1 is 1.67 bits per heavy atom. The van der Waals surface area contributed by atoms with E-state index in [4.69, 9.17) is 5.11 Å². The molecular formula is C8H15NO3. The van der Waals surface area contributed by atoms with E-state index in [0.717, 1.165) is 0 Å². The Hall–Kier alpha value is -0.610. The number of aliphatic hydroxyl groups is 2. The molecule has 1 amide bonds. The van der Waals surface area contributed by atoms with Gasteiger partial charge in [0.1, 0.15) is 0 Å². The van der Waals surface area contributed by atoms with Gasteiger partial charge in [0.2, 0.25) is 5.91 Å². The Bertz CT molecular complexity index is 185. The maximum absolute atomic E-state index is 11.2. The molecule has 0 radical (unpaired) electrons. The molecule has 1 fully saturated rings. The third-order valence-corrected chi connectivity index (χ3v) is 2.26. The van der Waals surface area contributed by atoms with E-state index in [1.54, 1.807) is 13.8 Å². The maximum atomic E-state index is 11.2. The number of carbonyl (C=O) groups is 1. The first-order valence-corrected chi connectivity index (χ1v) is 4.08. The summed E-state index contributed by atoms with van der Waals surface area (Å²) in [6.45, 7) is 3.16. The lowest BCUT2D eigenvalue weighted by atomic mass is 9.88. The monoisotopic (exact) mass is 173 g/mol. The zero-order valence-electron chi connectivity index (χ0n) is 7.37. The van der Waals surface area contributed by atoms with Crippen LogP contribution in [0.1, 0.15) is 20.3 Å². The molecule has 0 saturated carbocycles. The molecule has 3 N–H and O–H groups in total. The van der Waals surface area contributed by atoms with Crippen molar-refractivity contribution in [2.75, 3.05) is 6.61 Å². The van der Waals surface area contributed by atoms with E-state index in [1.807, 2.05) is 0 Å².